The van der Waals surface area contributed by atoms with Gasteiger partial charge in [-0.15, -0.1) is 11.3 Å². The maximum atomic E-state index is 11.9. The molecule has 1 amide bonds. The average Bonchev–Trinajstić information content (AvgIpc) is 2.90. The first-order valence-electron chi connectivity index (χ1n) is 5.65. The number of carbonyl (C=O) groups is 1. The van der Waals surface area contributed by atoms with Gasteiger partial charge in [0.2, 0.25) is 0 Å². The standard InChI is InChI=1S/C13H13ClN2O2S/c1-13(18,10-3-2-6-19-10)8-16-12(17)9-4-5-15-11(14)7-9/h2-7,18H,8H2,1H3,(H,16,17). The summed E-state index contributed by atoms with van der Waals surface area (Å²) in [6.07, 6.45) is 1.47. The summed E-state index contributed by atoms with van der Waals surface area (Å²) >= 11 is 7.17. The predicted molar refractivity (Wildman–Crippen MR) is 75.5 cm³/mol. The summed E-state index contributed by atoms with van der Waals surface area (Å²) in [6.45, 7) is 1.80. The Morgan fingerprint density at radius 2 is 2.37 bits per heavy atom. The maximum absolute atomic E-state index is 11.9. The van der Waals surface area contributed by atoms with E-state index in [4.69, 9.17) is 11.6 Å². The first kappa shape index (κ1) is 14.0. The molecule has 0 aliphatic heterocycles. The molecule has 0 aromatic carbocycles. The van der Waals surface area contributed by atoms with Gasteiger partial charge in [0, 0.05) is 16.6 Å². The summed E-state index contributed by atoms with van der Waals surface area (Å²) in [6, 6.07) is 6.75. The van der Waals surface area contributed by atoms with Gasteiger partial charge in [-0.1, -0.05) is 17.7 Å². The van der Waals surface area contributed by atoms with Crippen molar-refractivity contribution in [3.63, 3.8) is 0 Å². The molecule has 2 rings (SSSR count). The van der Waals surface area contributed by atoms with Crippen LogP contribution < -0.4 is 5.32 Å². The van der Waals surface area contributed by atoms with Crippen molar-refractivity contribution in [2.24, 2.45) is 0 Å². The second kappa shape index (κ2) is 5.69. The predicted octanol–water partition coefficient (Wildman–Crippen LogP) is 2.43. The van der Waals surface area contributed by atoms with Gasteiger partial charge in [-0.3, -0.25) is 4.79 Å². The molecule has 100 valence electrons. The topological polar surface area (TPSA) is 62.2 Å². The largest absolute Gasteiger partial charge is 0.383 e. The minimum Gasteiger partial charge on any atom is -0.383 e. The van der Waals surface area contributed by atoms with Crippen molar-refractivity contribution in [2.45, 2.75) is 12.5 Å². The molecule has 2 heterocycles. The first-order valence-corrected chi connectivity index (χ1v) is 6.91. The molecule has 0 bridgehead atoms. The fourth-order valence-corrected chi connectivity index (χ4v) is 2.53. The fourth-order valence-electron chi connectivity index (χ4n) is 1.57. The van der Waals surface area contributed by atoms with Gasteiger partial charge in [-0.05, 0) is 30.5 Å². The fraction of sp³-hybridized carbons (Fsp3) is 0.231. The molecule has 1 unspecified atom stereocenters. The second-order valence-electron chi connectivity index (χ2n) is 4.30. The summed E-state index contributed by atoms with van der Waals surface area (Å²) in [5.74, 6) is -0.291. The Bertz CT molecular complexity index is 570. The molecule has 2 aromatic rings. The van der Waals surface area contributed by atoms with Crippen molar-refractivity contribution >= 4 is 28.8 Å². The zero-order valence-corrected chi connectivity index (χ0v) is 11.8. The van der Waals surface area contributed by atoms with E-state index < -0.39 is 5.60 Å². The zero-order chi connectivity index (χ0) is 13.9. The maximum Gasteiger partial charge on any atom is 0.251 e. The zero-order valence-electron chi connectivity index (χ0n) is 10.3. The number of hydrogen-bond acceptors (Lipinski definition) is 4. The summed E-state index contributed by atoms with van der Waals surface area (Å²) in [5.41, 5.74) is -0.664. The summed E-state index contributed by atoms with van der Waals surface area (Å²) in [7, 11) is 0. The lowest BCUT2D eigenvalue weighted by Crippen LogP contribution is -2.38. The molecule has 0 spiro atoms. The van der Waals surface area contributed by atoms with Crippen LogP contribution in [-0.4, -0.2) is 22.5 Å². The van der Waals surface area contributed by atoms with Gasteiger partial charge in [0.15, 0.2) is 0 Å². The van der Waals surface area contributed by atoms with Crippen LogP contribution >= 0.6 is 22.9 Å². The quantitative estimate of drug-likeness (QED) is 0.852. The van der Waals surface area contributed by atoms with Gasteiger partial charge >= 0.3 is 0 Å². The Kier molecular flexibility index (Phi) is 4.19. The molecule has 0 fully saturated rings. The smallest absolute Gasteiger partial charge is 0.251 e. The van der Waals surface area contributed by atoms with Gasteiger partial charge < -0.3 is 10.4 Å². The lowest BCUT2D eigenvalue weighted by atomic mass is 10.1. The van der Waals surface area contributed by atoms with Gasteiger partial charge in [-0.25, -0.2) is 4.98 Å². The van der Waals surface area contributed by atoms with E-state index in [1.807, 2.05) is 17.5 Å². The van der Waals surface area contributed by atoms with Crippen LogP contribution in [0.4, 0.5) is 0 Å². The Balaban J connectivity index is 2.01. The molecule has 19 heavy (non-hydrogen) atoms. The van der Waals surface area contributed by atoms with Crippen LogP contribution in [0.5, 0.6) is 0 Å². The highest BCUT2D eigenvalue weighted by molar-refractivity contribution is 7.10. The molecular formula is C13H13ClN2O2S. The van der Waals surface area contributed by atoms with Crippen LogP contribution in [-0.2, 0) is 5.60 Å². The molecule has 0 radical (unpaired) electrons. The highest BCUT2D eigenvalue weighted by Crippen LogP contribution is 2.24. The molecule has 2 aromatic heterocycles. The summed E-state index contributed by atoms with van der Waals surface area (Å²) < 4.78 is 0. The molecule has 0 aliphatic rings. The van der Waals surface area contributed by atoms with Crippen LogP contribution in [0.25, 0.3) is 0 Å². The Morgan fingerprint density at radius 3 is 3.00 bits per heavy atom. The number of rotatable bonds is 4. The van der Waals surface area contributed by atoms with E-state index in [0.29, 0.717) is 5.56 Å². The molecule has 2 N–H and O–H groups in total. The average molecular weight is 297 g/mol. The highest BCUT2D eigenvalue weighted by atomic mass is 35.5. The Labute approximate surface area is 120 Å². The number of halogens is 1. The van der Waals surface area contributed by atoms with Gasteiger partial charge in [0.25, 0.3) is 5.91 Å². The van der Waals surface area contributed by atoms with Crippen molar-refractivity contribution in [1.82, 2.24) is 10.3 Å². The van der Waals surface area contributed by atoms with Gasteiger partial charge in [0.1, 0.15) is 10.8 Å². The number of pyridine rings is 1. The molecule has 0 saturated carbocycles. The van der Waals surface area contributed by atoms with Crippen molar-refractivity contribution in [1.29, 1.82) is 0 Å². The number of hydrogen-bond donors (Lipinski definition) is 2. The molecule has 0 aliphatic carbocycles. The first-order chi connectivity index (χ1) is 8.99. The van der Waals surface area contributed by atoms with Crippen LogP contribution in [0.15, 0.2) is 35.8 Å². The van der Waals surface area contributed by atoms with E-state index in [2.05, 4.69) is 10.3 Å². The van der Waals surface area contributed by atoms with Crippen molar-refractivity contribution < 1.29 is 9.90 Å². The molecule has 1 atom stereocenters. The van der Waals surface area contributed by atoms with E-state index in [1.54, 1.807) is 13.0 Å². The second-order valence-corrected chi connectivity index (χ2v) is 5.64. The van der Waals surface area contributed by atoms with E-state index in [9.17, 15) is 9.90 Å². The minimum absolute atomic E-state index is 0.131. The third-order valence-corrected chi connectivity index (χ3v) is 3.96. The highest BCUT2D eigenvalue weighted by Gasteiger charge is 2.25. The van der Waals surface area contributed by atoms with Crippen molar-refractivity contribution in [3.05, 3.63) is 51.4 Å². The van der Waals surface area contributed by atoms with Crippen LogP contribution in [0, 0.1) is 0 Å². The SMILES string of the molecule is CC(O)(CNC(=O)c1ccnc(Cl)c1)c1cccs1. The monoisotopic (exact) mass is 296 g/mol. The van der Waals surface area contributed by atoms with Crippen molar-refractivity contribution in [2.75, 3.05) is 6.54 Å². The third-order valence-electron chi connectivity index (χ3n) is 2.63. The third kappa shape index (κ3) is 3.53. The number of aliphatic hydroxyl groups is 1. The Hall–Kier alpha value is -1.43. The minimum atomic E-state index is -1.08. The van der Waals surface area contributed by atoms with Crippen LogP contribution in [0.1, 0.15) is 22.2 Å². The van der Waals surface area contributed by atoms with E-state index >= 15 is 0 Å². The lowest BCUT2D eigenvalue weighted by Gasteiger charge is -2.22. The number of thiophene rings is 1. The van der Waals surface area contributed by atoms with Crippen LogP contribution in [0.2, 0.25) is 5.15 Å². The van der Waals surface area contributed by atoms with E-state index in [-0.39, 0.29) is 17.6 Å². The molecule has 4 nitrogen and oxygen atoms in total. The van der Waals surface area contributed by atoms with Gasteiger partial charge in [0.05, 0.1) is 6.54 Å². The van der Waals surface area contributed by atoms with E-state index in [1.165, 1.54) is 23.6 Å². The van der Waals surface area contributed by atoms with E-state index in [0.717, 1.165) is 4.88 Å². The normalized spacial score (nSPS) is 13.8. The Morgan fingerprint density at radius 1 is 1.58 bits per heavy atom. The summed E-state index contributed by atoms with van der Waals surface area (Å²) in [4.78, 5) is 16.5. The number of nitrogens with one attached hydrogen (secondary N) is 1. The lowest BCUT2D eigenvalue weighted by molar-refractivity contribution is 0.0557. The number of nitrogens with zero attached hydrogens (tertiary/aromatic N) is 1. The number of amides is 1. The number of carbonyl (C=O) groups excluding carboxylic acids is 1. The molecule has 0 saturated heterocycles. The summed E-state index contributed by atoms with van der Waals surface area (Å²) in [5, 5.41) is 15.1. The number of aromatic nitrogens is 1. The van der Waals surface area contributed by atoms with Crippen LogP contribution in [0.3, 0.4) is 0 Å². The van der Waals surface area contributed by atoms with Gasteiger partial charge in [-0.2, -0.15) is 0 Å². The molecule has 6 heteroatoms. The van der Waals surface area contributed by atoms with Crippen molar-refractivity contribution in [3.8, 4) is 0 Å². The molecular weight excluding hydrogens is 284 g/mol.